The number of hydrogen-bond acceptors (Lipinski definition) is 4. The van der Waals surface area contributed by atoms with Crippen molar-refractivity contribution in [2.24, 2.45) is 0 Å². The first kappa shape index (κ1) is 55.0. The number of rotatable bonds is 33. The summed E-state index contributed by atoms with van der Waals surface area (Å²) in [6, 6.07) is 2.99. The first-order valence-electron chi connectivity index (χ1n) is 25.2. The van der Waals surface area contributed by atoms with E-state index in [1.807, 2.05) is 0 Å². The number of unbranched alkanes of at least 4 members (excludes halogenated alkanes) is 22. The van der Waals surface area contributed by atoms with Gasteiger partial charge in [-0.3, -0.25) is 9.59 Å². The van der Waals surface area contributed by atoms with Crippen molar-refractivity contribution in [1.82, 2.24) is 9.88 Å². The van der Waals surface area contributed by atoms with Gasteiger partial charge in [0.15, 0.2) is 0 Å². The Morgan fingerprint density at radius 3 is 1.64 bits per heavy atom. The number of allylic oxidation sites excluding steroid dienone is 4. The Morgan fingerprint density at radius 1 is 0.656 bits per heavy atom. The number of pyridine rings is 1. The number of piperidine rings is 1. The Morgan fingerprint density at radius 2 is 1.14 bits per heavy atom. The van der Waals surface area contributed by atoms with Gasteiger partial charge in [-0.2, -0.15) is 26.3 Å². The van der Waals surface area contributed by atoms with E-state index >= 15 is 0 Å². The Balaban J connectivity index is 1.64. The lowest BCUT2D eigenvalue weighted by Gasteiger charge is -2.40. The van der Waals surface area contributed by atoms with Gasteiger partial charge in [0.25, 0.3) is 0 Å². The number of carbonyl (C=O) groups excluding carboxylic acids is 2. The van der Waals surface area contributed by atoms with E-state index in [2.05, 4.69) is 43.1 Å². The van der Waals surface area contributed by atoms with Crippen LogP contribution >= 0.6 is 0 Å². The van der Waals surface area contributed by atoms with E-state index in [4.69, 9.17) is 4.74 Å². The molecule has 1 aromatic carbocycles. The number of likely N-dealkylation sites (tertiary alicyclic amines) is 1. The molecular formula is C53H80F6N2O3. The number of alkyl halides is 6. The molecule has 0 saturated carbocycles. The number of ether oxygens (including phenoxy) is 1. The molecule has 2 atom stereocenters. The third-order valence-electron chi connectivity index (χ3n) is 12.5. The normalized spacial score (nSPS) is 15.5. The maximum Gasteiger partial charge on any atom is 0.433 e. The summed E-state index contributed by atoms with van der Waals surface area (Å²) in [6.07, 6.45) is 27.9. The summed E-state index contributed by atoms with van der Waals surface area (Å²) in [5, 5.41) is -0.183. The molecular weight excluding hydrogens is 827 g/mol. The highest BCUT2D eigenvalue weighted by atomic mass is 19.4. The van der Waals surface area contributed by atoms with Gasteiger partial charge in [-0.25, -0.2) is 4.98 Å². The molecule has 0 spiro atoms. The van der Waals surface area contributed by atoms with Crippen molar-refractivity contribution < 1.29 is 40.7 Å². The van der Waals surface area contributed by atoms with Crippen molar-refractivity contribution in [3.05, 3.63) is 65.4 Å². The number of amides is 1. The first-order chi connectivity index (χ1) is 30.9. The van der Waals surface area contributed by atoms with Gasteiger partial charge in [0, 0.05) is 30.3 Å². The maximum atomic E-state index is 14.4. The average Bonchev–Trinajstić information content (AvgIpc) is 3.27. The fraction of sp³-hybridized carbons (Fsp3) is 0.717. The number of nitrogens with zero attached hydrogens (tertiary/aromatic N) is 2. The number of fused-ring (bicyclic) bond motifs is 1. The van der Waals surface area contributed by atoms with Gasteiger partial charge < -0.3 is 9.64 Å². The van der Waals surface area contributed by atoms with Crippen LogP contribution < -0.4 is 0 Å². The zero-order chi connectivity index (χ0) is 46.5. The van der Waals surface area contributed by atoms with Crippen molar-refractivity contribution in [3.8, 4) is 0 Å². The molecule has 1 saturated heterocycles. The van der Waals surface area contributed by atoms with Gasteiger partial charge in [0.05, 0.1) is 17.1 Å². The van der Waals surface area contributed by atoms with E-state index in [-0.39, 0.29) is 29.7 Å². The van der Waals surface area contributed by atoms with E-state index in [1.165, 1.54) is 83.1 Å². The van der Waals surface area contributed by atoms with Crippen LogP contribution in [0.25, 0.3) is 10.9 Å². The fourth-order valence-corrected chi connectivity index (χ4v) is 8.85. The van der Waals surface area contributed by atoms with Crippen LogP contribution in [0, 0.1) is 0 Å². The highest BCUT2D eigenvalue weighted by Crippen LogP contribution is 2.42. The van der Waals surface area contributed by atoms with E-state index < -0.39 is 47.2 Å². The first-order valence-corrected chi connectivity index (χ1v) is 25.2. The smallest absolute Gasteiger partial charge is 0.433 e. The highest BCUT2D eigenvalue weighted by molar-refractivity contribution is 5.87. The van der Waals surface area contributed by atoms with Gasteiger partial charge in [0.2, 0.25) is 5.91 Å². The van der Waals surface area contributed by atoms with Gasteiger partial charge >= 0.3 is 18.3 Å². The van der Waals surface area contributed by atoms with Crippen LogP contribution in [0.5, 0.6) is 0 Å². The maximum absolute atomic E-state index is 14.4. The van der Waals surface area contributed by atoms with E-state index in [0.717, 1.165) is 83.1 Å². The van der Waals surface area contributed by atoms with Crippen LogP contribution in [-0.2, 0) is 26.7 Å². The fourth-order valence-electron chi connectivity index (χ4n) is 8.85. The number of esters is 1. The van der Waals surface area contributed by atoms with Crippen LogP contribution in [0.4, 0.5) is 26.3 Å². The number of halogens is 6. The summed E-state index contributed by atoms with van der Waals surface area (Å²) >= 11 is 0. The lowest BCUT2D eigenvalue weighted by Crippen LogP contribution is -2.47. The van der Waals surface area contributed by atoms with Gasteiger partial charge in [0.1, 0.15) is 11.8 Å². The van der Waals surface area contributed by atoms with Crippen molar-refractivity contribution in [1.29, 1.82) is 0 Å². The summed E-state index contributed by atoms with van der Waals surface area (Å²) in [5.41, 5.74) is -3.89. The zero-order valence-corrected chi connectivity index (χ0v) is 39.3. The van der Waals surface area contributed by atoms with E-state index in [0.29, 0.717) is 50.8 Å². The standard InChI is InChI=1S/C53H80F6N2O3/c1-3-5-7-9-11-13-15-17-19-21-23-25-27-29-31-39-48(62)61-41-34-33-38-46(61)51(44-42-47(53(57,58)59)60-50-43(44)36-35-37-45(50)52(54,55)56)64-49(63)40-32-30-28-26-24-22-20-18-16-14-12-10-8-6-4-2/h17-20,35-37,42,46,51H,3-16,21-34,38-41H2,1-2H3/b19-17-,20-18-. The predicted molar refractivity (Wildman–Crippen MR) is 249 cm³/mol. The van der Waals surface area contributed by atoms with Gasteiger partial charge in [-0.05, 0) is 95.6 Å². The average molecular weight is 907 g/mol. The molecule has 2 heterocycles. The van der Waals surface area contributed by atoms with E-state index in [9.17, 15) is 35.9 Å². The highest BCUT2D eigenvalue weighted by Gasteiger charge is 2.42. The van der Waals surface area contributed by atoms with Crippen LogP contribution in [0.2, 0.25) is 0 Å². The molecule has 1 aliphatic rings. The van der Waals surface area contributed by atoms with Crippen molar-refractivity contribution >= 4 is 22.8 Å². The minimum absolute atomic E-state index is 0.00713. The molecule has 1 aliphatic heterocycles. The lowest BCUT2D eigenvalue weighted by atomic mass is 9.89. The molecule has 2 aromatic rings. The summed E-state index contributed by atoms with van der Waals surface area (Å²) in [7, 11) is 0. The number of para-hydroxylation sites is 1. The SMILES string of the molecule is CCCCCCCC/C=C\CCCCCCCC(=O)OC(c1cc(C(F)(F)F)nc2c(C(F)(F)F)cccc12)C1CCCCN1C(=O)CCCCCCC/C=C\CCCCCCCC. The van der Waals surface area contributed by atoms with E-state index in [1.54, 1.807) is 4.90 Å². The number of aromatic nitrogens is 1. The van der Waals surface area contributed by atoms with Crippen LogP contribution in [0.15, 0.2) is 48.6 Å². The Bertz CT molecular complexity index is 1650. The molecule has 0 aliphatic carbocycles. The Labute approximate surface area is 381 Å². The minimum atomic E-state index is -5.08. The molecule has 2 unspecified atom stereocenters. The second kappa shape index (κ2) is 31.5. The number of carbonyl (C=O) groups is 2. The van der Waals surface area contributed by atoms with Crippen molar-refractivity contribution in [2.45, 2.75) is 237 Å². The Kier molecular flexibility index (Phi) is 27.1. The molecule has 11 heteroatoms. The molecule has 3 rings (SSSR count). The second-order valence-corrected chi connectivity index (χ2v) is 18.0. The molecule has 1 fully saturated rings. The molecule has 0 N–H and O–H groups in total. The lowest BCUT2D eigenvalue weighted by molar-refractivity contribution is -0.158. The van der Waals surface area contributed by atoms with Gasteiger partial charge in [-0.1, -0.05) is 153 Å². The third kappa shape index (κ3) is 21.3. The Hall–Kier alpha value is -3.37. The summed E-state index contributed by atoms with van der Waals surface area (Å²) in [6.45, 7) is 4.77. The van der Waals surface area contributed by atoms with Crippen LogP contribution in [0.1, 0.15) is 236 Å². The quantitative estimate of drug-likeness (QED) is 0.0310. The molecule has 1 amide bonds. The largest absolute Gasteiger partial charge is 0.455 e. The zero-order valence-electron chi connectivity index (χ0n) is 39.3. The minimum Gasteiger partial charge on any atom is -0.455 e. The second-order valence-electron chi connectivity index (χ2n) is 18.0. The van der Waals surface area contributed by atoms with Crippen LogP contribution in [0.3, 0.4) is 0 Å². The third-order valence-corrected chi connectivity index (χ3v) is 12.5. The monoisotopic (exact) mass is 907 g/mol. The topological polar surface area (TPSA) is 59.5 Å². The number of hydrogen-bond donors (Lipinski definition) is 0. The van der Waals surface area contributed by atoms with Crippen molar-refractivity contribution in [3.63, 3.8) is 0 Å². The van der Waals surface area contributed by atoms with Crippen LogP contribution in [-0.4, -0.2) is 34.3 Å². The summed E-state index contributed by atoms with van der Waals surface area (Å²) in [4.78, 5) is 32.6. The predicted octanol–water partition coefficient (Wildman–Crippen LogP) is 17.3. The molecule has 1 aromatic heterocycles. The van der Waals surface area contributed by atoms with Gasteiger partial charge in [-0.15, -0.1) is 0 Å². The summed E-state index contributed by atoms with van der Waals surface area (Å²) in [5.74, 6) is -0.839. The molecule has 0 radical (unpaired) electrons. The summed E-state index contributed by atoms with van der Waals surface area (Å²) < 4.78 is 92.0. The molecule has 64 heavy (non-hydrogen) atoms. The molecule has 0 bridgehead atoms. The molecule has 5 nitrogen and oxygen atoms in total. The van der Waals surface area contributed by atoms with Crippen molar-refractivity contribution in [2.75, 3.05) is 6.54 Å². The number of benzene rings is 1. The molecule has 362 valence electrons.